The molecule has 0 unspecified atom stereocenters. The van der Waals surface area contributed by atoms with Gasteiger partial charge in [-0.1, -0.05) is 23.2 Å². The van der Waals surface area contributed by atoms with Crippen LogP contribution in [0.25, 0.3) is 0 Å². The van der Waals surface area contributed by atoms with Gasteiger partial charge in [-0.3, -0.25) is 10.1 Å². The average Bonchev–Trinajstić information content (AvgIpc) is 2.40. The first-order valence-corrected chi connectivity index (χ1v) is 7.81. The summed E-state index contributed by atoms with van der Waals surface area (Å²) in [5.41, 5.74) is 0.396. The van der Waals surface area contributed by atoms with Gasteiger partial charge < -0.3 is 9.64 Å². The Kier molecular flexibility index (Phi) is 7.65. The fourth-order valence-corrected chi connectivity index (χ4v) is 1.82. The number of hydrogen-bond donors (Lipinski definition) is 2. The molecule has 0 aliphatic carbocycles. The van der Waals surface area contributed by atoms with E-state index in [4.69, 9.17) is 27.9 Å². The molecule has 1 rings (SSSR count). The van der Waals surface area contributed by atoms with Crippen LogP contribution in [-0.4, -0.2) is 45.2 Å². The van der Waals surface area contributed by atoms with Crippen molar-refractivity contribution in [1.29, 1.82) is 0 Å². The van der Waals surface area contributed by atoms with Crippen LogP contribution in [-0.2, 0) is 4.74 Å². The predicted octanol–water partition coefficient (Wildman–Crippen LogP) is 1.65. The Hall–Kier alpha value is -1.30. The van der Waals surface area contributed by atoms with E-state index >= 15 is 0 Å². The van der Waals surface area contributed by atoms with E-state index in [1.807, 2.05) is 27.9 Å². The Bertz CT molecular complexity index is 546. The van der Waals surface area contributed by atoms with Gasteiger partial charge in [-0.2, -0.15) is 0 Å². The number of ether oxygens (including phenoxy) is 1. The van der Waals surface area contributed by atoms with E-state index < -0.39 is 0 Å². The molecule has 0 bridgehead atoms. The van der Waals surface area contributed by atoms with Crippen molar-refractivity contribution >= 4 is 35.1 Å². The maximum atomic E-state index is 12.2. The van der Waals surface area contributed by atoms with Gasteiger partial charge in [0.25, 0.3) is 11.9 Å². The molecule has 0 aromatic heterocycles. The van der Waals surface area contributed by atoms with Crippen LogP contribution in [0.4, 0.5) is 0 Å². The van der Waals surface area contributed by atoms with E-state index in [9.17, 15) is 4.79 Å². The maximum absolute atomic E-state index is 12.2. The molecule has 0 atom stereocenters. The van der Waals surface area contributed by atoms with Crippen molar-refractivity contribution in [3.8, 4) is 0 Å². The third-order valence-corrected chi connectivity index (χ3v) is 3.36. The molecule has 0 saturated heterocycles. The van der Waals surface area contributed by atoms with Gasteiger partial charge in [-0.15, -0.1) is 0 Å². The largest absolute Gasteiger partial charge is 0.462 e. The molecular formula is C15H22Cl2N3O2+. The number of benzene rings is 1. The number of nitrogens with one attached hydrogen (secondary N) is 2. The standard InChI is InChI=1S/C15H21Cl2N3O2/c1-10(2)22-15(18-7-8-20(3)4)19-14(21)11-5-6-12(16)13(17)9-11/h5-6,9-10H,7-8H2,1-4H3,(H,18,19,21)/p+1. The second kappa shape index (κ2) is 8.98. The van der Waals surface area contributed by atoms with Gasteiger partial charge in [-0.25, -0.2) is 4.99 Å². The highest BCUT2D eigenvalue weighted by molar-refractivity contribution is 6.42. The predicted molar refractivity (Wildman–Crippen MR) is 90.1 cm³/mol. The van der Waals surface area contributed by atoms with E-state index in [0.29, 0.717) is 22.2 Å². The summed E-state index contributed by atoms with van der Waals surface area (Å²) in [5, 5.41) is 3.39. The summed E-state index contributed by atoms with van der Waals surface area (Å²) in [5.74, 6) is -0.338. The lowest BCUT2D eigenvalue weighted by atomic mass is 10.2. The zero-order chi connectivity index (χ0) is 16.7. The number of amidine groups is 1. The normalized spacial score (nSPS) is 11.9. The Balaban J connectivity index is 2.78. The number of aliphatic imine (C=N–C) groups is 1. The van der Waals surface area contributed by atoms with Crippen LogP contribution in [0.15, 0.2) is 23.2 Å². The first-order chi connectivity index (χ1) is 10.3. The Morgan fingerprint density at radius 3 is 2.55 bits per heavy atom. The Labute approximate surface area is 141 Å². The van der Waals surface area contributed by atoms with Crippen molar-refractivity contribution in [2.24, 2.45) is 4.99 Å². The average molecular weight is 347 g/mol. The smallest absolute Gasteiger partial charge is 0.292 e. The summed E-state index contributed by atoms with van der Waals surface area (Å²) in [6.45, 7) is 5.15. The van der Waals surface area contributed by atoms with Gasteiger partial charge in [0, 0.05) is 5.56 Å². The molecule has 122 valence electrons. The molecule has 0 saturated carbocycles. The first kappa shape index (κ1) is 18.7. The minimum Gasteiger partial charge on any atom is -0.462 e. The minimum atomic E-state index is -0.338. The highest BCUT2D eigenvalue weighted by atomic mass is 35.5. The molecule has 2 N–H and O–H groups in total. The highest BCUT2D eigenvalue weighted by Crippen LogP contribution is 2.22. The Morgan fingerprint density at radius 1 is 1.32 bits per heavy atom. The van der Waals surface area contributed by atoms with E-state index in [1.54, 1.807) is 12.1 Å². The minimum absolute atomic E-state index is 0.0837. The van der Waals surface area contributed by atoms with Crippen LogP contribution in [0.2, 0.25) is 10.0 Å². The van der Waals surface area contributed by atoms with Crippen molar-refractivity contribution in [1.82, 2.24) is 5.32 Å². The number of quaternary nitrogens is 1. The van der Waals surface area contributed by atoms with Gasteiger partial charge in [0.2, 0.25) is 0 Å². The van der Waals surface area contributed by atoms with E-state index in [-0.39, 0.29) is 18.0 Å². The summed E-state index contributed by atoms with van der Waals surface area (Å²) < 4.78 is 5.53. The molecule has 0 fully saturated rings. The molecule has 1 aromatic rings. The highest BCUT2D eigenvalue weighted by Gasteiger charge is 2.13. The third-order valence-electron chi connectivity index (χ3n) is 2.62. The van der Waals surface area contributed by atoms with E-state index in [1.165, 1.54) is 11.0 Å². The molecule has 1 aromatic carbocycles. The zero-order valence-corrected chi connectivity index (χ0v) is 14.8. The fraction of sp³-hybridized carbons (Fsp3) is 0.467. The van der Waals surface area contributed by atoms with Gasteiger partial charge >= 0.3 is 0 Å². The van der Waals surface area contributed by atoms with Crippen LogP contribution in [0.5, 0.6) is 0 Å². The van der Waals surface area contributed by atoms with Crippen molar-refractivity contribution in [3.63, 3.8) is 0 Å². The molecule has 0 aliphatic rings. The molecule has 0 aliphatic heterocycles. The molecule has 7 heteroatoms. The molecular weight excluding hydrogens is 325 g/mol. The number of carbonyl (C=O) groups is 1. The summed E-state index contributed by atoms with van der Waals surface area (Å²) in [6, 6.07) is 4.90. The van der Waals surface area contributed by atoms with Crippen LogP contribution >= 0.6 is 23.2 Å². The van der Waals surface area contributed by atoms with Crippen LogP contribution in [0.1, 0.15) is 24.2 Å². The molecule has 0 radical (unpaired) electrons. The van der Waals surface area contributed by atoms with Crippen LogP contribution in [0.3, 0.4) is 0 Å². The summed E-state index contributed by atoms with van der Waals surface area (Å²) in [7, 11) is 4.07. The fourth-order valence-electron chi connectivity index (χ4n) is 1.52. The topological polar surface area (TPSA) is 55.1 Å². The number of likely N-dealkylation sites (N-methyl/N-ethyl adjacent to an activating group) is 1. The number of nitrogens with zero attached hydrogens (tertiary/aromatic N) is 1. The third kappa shape index (κ3) is 6.64. The van der Waals surface area contributed by atoms with Gasteiger partial charge in [-0.05, 0) is 32.0 Å². The Morgan fingerprint density at radius 2 is 2.00 bits per heavy atom. The van der Waals surface area contributed by atoms with Crippen LogP contribution < -0.4 is 10.2 Å². The summed E-state index contributed by atoms with van der Waals surface area (Å²) in [4.78, 5) is 17.8. The molecule has 0 spiro atoms. The number of carbonyl (C=O) groups excluding carboxylic acids is 1. The maximum Gasteiger partial charge on any atom is 0.292 e. The van der Waals surface area contributed by atoms with Crippen molar-refractivity contribution in [3.05, 3.63) is 33.8 Å². The molecule has 1 amide bonds. The lowest BCUT2D eigenvalue weighted by Crippen LogP contribution is -3.06. The van der Waals surface area contributed by atoms with Crippen LogP contribution in [0, 0.1) is 0 Å². The quantitative estimate of drug-likeness (QED) is 0.629. The summed E-state index contributed by atoms with van der Waals surface area (Å²) >= 11 is 11.8. The van der Waals surface area contributed by atoms with Crippen molar-refractivity contribution in [2.75, 3.05) is 27.2 Å². The van der Waals surface area contributed by atoms with Gasteiger partial charge in [0.05, 0.1) is 43.3 Å². The number of hydrogen-bond acceptors (Lipinski definition) is 3. The first-order valence-electron chi connectivity index (χ1n) is 7.06. The van der Waals surface area contributed by atoms with Crippen molar-refractivity contribution < 1.29 is 14.4 Å². The number of amides is 1. The zero-order valence-electron chi connectivity index (χ0n) is 13.2. The van der Waals surface area contributed by atoms with Crippen molar-refractivity contribution in [2.45, 2.75) is 20.0 Å². The second-order valence-electron chi connectivity index (χ2n) is 5.39. The molecule has 0 heterocycles. The van der Waals surface area contributed by atoms with E-state index in [0.717, 1.165) is 6.54 Å². The number of halogens is 2. The van der Waals surface area contributed by atoms with Gasteiger partial charge in [0.15, 0.2) is 0 Å². The molecule has 22 heavy (non-hydrogen) atoms. The lowest BCUT2D eigenvalue weighted by molar-refractivity contribution is -0.856. The van der Waals surface area contributed by atoms with E-state index in [2.05, 4.69) is 10.3 Å². The SMILES string of the molecule is CC(C)OC(=NCC[NH+](C)C)NC(=O)c1ccc(Cl)c(Cl)c1. The number of rotatable bonds is 5. The van der Waals surface area contributed by atoms with Gasteiger partial charge in [0.1, 0.15) is 0 Å². The second-order valence-corrected chi connectivity index (χ2v) is 6.21. The summed E-state index contributed by atoms with van der Waals surface area (Å²) in [6.07, 6.45) is -0.0837. The monoisotopic (exact) mass is 346 g/mol. The molecule has 5 nitrogen and oxygen atoms in total. The lowest BCUT2D eigenvalue weighted by Gasteiger charge is -2.14.